The van der Waals surface area contributed by atoms with Crippen LogP contribution in [0.15, 0.2) is 40.9 Å². The van der Waals surface area contributed by atoms with Crippen molar-refractivity contribution in [1.29, 1.82) is 0 Å². The highest BCUT2D eigenvalue weighted by atomic mass is 79.9. The summed E-state index contributed by atoms with van der Waals surface area (Å²) in [4.78, 5) is 0. The molecule has 0 radical (unpaired) electrons. The highest BCUT2D eigenvalue weighted by Crippen LogP contribution is 2.37. The van der Waals surface area contributed by atoms with E-state index in [-0.39, 0.29) is 12.4 Å². The zero-order valence-corrected chi connectivity index (χ0v) is 19.6. The first-order chi connectivity index (χ1) is 13.1. The fourth-order valence-electron chi connectivity index (χ4n) is 2.94. The minimum Gasteiger partial charge on any atom is -0.493 e. The van der Waals surface area contributed by atoms with Crippen LogP contribution in [0.25, 0.3) is 0 Å². The fraction of sp³-hybridized carbons (Fsp3) is 0.478. The van der Waals surface area contributed by atoms with E-state index in [2.05, 4.69) is 71.5 Å². The smallest absolute Gasteiger partial charge is 0.175 e. The lowest BCUT2D eigenvalue weighted by Crippen LogP contribution is -2.14. The number of nitrogens with one attached hydrogen (secondary N) is 1. The minimum absolute atomic E-state index is 0. The molecule has 2 aromatic rings. The quantitative estimate of drug-likeness (QED) is 0.345. The van der Waals surface area contributed by atoms with Crippen LogP contribution in [0.4, 0.5) is 0 Å². The predicted molar refractivity (Wildman–Crippen MR) is 124 cm³/mol. The van der Waals surface area contributed by atoms with E-state index in [1.165, 1.54) is 43.2 Å². The first kappa shape index (κ1) is 24.8. The summed E-state index contributed by atoms with van der Waals surface area (Å²) >= 11 is 3.64. The summed E-state index contributed by atoms with van der Waals surface area (Å²) in [6.07, 6.45) is 6.51. The molecule has 0 saturated carbocycles. The van der Waals surface area contributed by atoms with Gasteiger partial charge >= 0.3 is 0 Å². The van der Waals surface area contributed by atoms with Crippen molar-refractivity contribution in [2.24, 2.45) is 0 Å². The summed E-state index contributed by atoms with van der Waals surface area (Å²) in [6, 6.07) is 12.5. The number of unbranched alkanes of at least 4 members (excludes halogenated alkanes) is 4. The Bertz CT molecular complexity index is 692. The second-order valence-electron chi connectivity index (χ2n) is 6.97. The van der Waals surface area contributed by atoms with Gasteiger partial charge in [-0.05, 0) is 59.1 Å². The average molecular weight is 471 g/mol. The molecule has 2 aromatic carbocycles. The zero-order chi connectivity index (χ0) is 19.5. The van der Waals surface area contributed by atoms with E-state index in [9.17, 15) is 0 Å². The van der Waals surface area contributed by atoms with Crippen molar-refractivity contribution < 1.29 is 9.47 Å². The molecule has 2 rings (SSSR count). The Morgan fingerprint density at radius 3 is 2.36 bits per heavy atom. The number of ether oxygens (including phenoxy) is 2. The molecule has 0 fully saturated rings. The first-order valence-electron chi connectivity index (χ1n) is 9.89. The molecule has 0 unspecified atom stereocenters. The van der Waals surface area contributed by atoms with E-state index in [0.717, 1.165) is 34.6 Å². The van der Waals surface area contributed by atoms with Crippen molar-refractivity contribution in [3.05, 3.63) is 57.6 Å². The van der Waals surface area contributed by atoms with Gasteiger partial charge in [-0.1, -0.05) is 62.4 Å². The summed E-state index contributed by atoms with van der Waals surface area (Å²) in [7, 11) is 1.69. The van der Waals surface area contributed by atoms with Crippen molar-refractivity contribution >= 4 is 28.3 Å². The maximum Gasteiger partial charge on any atom is 0.175 e. The normalized spacial score (nSPS) is 10.4. The molecule has 5 heteroatoms. The first-order valence-corrected chi connectivity index (χ1v) is 10.7. The van der Waals surface area contributed by atoms with Gasteiger partial charge in [0.2, 0.25) is 0 Å². The molecule has 0 aliphatic rings. The van der Waals surface area contributed by atoms with Crippen LogP contribution in [0, 0.1) is 6.92 Å². The standard InChI is InChI=1S/C23H32BrNO2.ClH/c1-4-5-6-7-8-13-25-16-20-14-21(24)23(22(15-20)26-3)27-17-19-11-9-18(2)10-12-19;/h9-12,14-15,25H,4-8,13,16-17H2,1-3H3;1H. The largest absolute Gasteiger partial charge is 0.493 e. The Hall–Kier alpha value is -1.23. The molecule has 28 heavy (non-hydrogen) atoms. The number of methoxy groups -OCH3 is 1. The number of rotatable bonds is 12. The Labute approximate surface area is 184 Å². The topological polar surface area (TPSA) is 30.5 Å². The molecule has 0 amide bonds. The van der Waals surface area contributed by atoms with Crippen LogP contribution in [0.3, 0.4) is 0 Å². The van der Waals surface area contributed by atoms with Crippen LogP contribution in [0.2, 0.25) is 0 Å². The van der Waals surface area contributed by atoms with Gasteiger partial charge in [-0.15, -0.1) is 12.4 Å². The third-order valence-electron chi connectivity index (χ3n) is 4.58. The van der Waals surface area contributed by atoms with E-state index >= 15 is 0 Å². The maximum atomic E-state index is 6.03. The molecule has 156 valence electrons. The van der Waals surface area contributed by atoms with Gasteiger partial charge in [-0.25, -0.2) is 0 Å². The molecule has 0 heterocycles. The predicted octanol–water partition coefficient (Wildman–Crippen LogP) is 6.83. The molecule has 0 atom stereocenters. The molecule has 3 nitrogen and oxygen atoms in total. The summed E-state index contributed by atoms with van der Waals surface area (Å²) in [5, 5.41) is 3.52. The van der Waals surface area contributed by atoms with E-state index in [1.807, 2.05) is 0 Å². The number of hydrogen-bond donors (Lipinski definition) is 1. The maximum absolute atomic E-state index is 6.03. The third-order valence-corrected chi connectivity index (χ3v) is 5.17. The fourth-order valence-corrected chi connectivity index (χ4v) is 3.55. The molecule has 0 aromatic heterocycles. The Morgan fingerprint density at radius 1 is 0.964 bits per heavy atom. The number of benzene rings is 2. The SMILES string of the molecule is CCCCCCCNCc1cc(Br)c(OCc2ccc(C)cc2)c(OC)c1.Cl. The van der Waals surface area contributed by atoms with Crippen LogP contribution in [-0.2, 0) is 13.2 Å². The van der Waals surface area contributed by atoms with Crippen LogP contribution in [0.1, 0.15) is 55.7 Å². The van der Waals surface area contributed by atoms with Crippen molar-refractivity contribution in [3.8, 4) is 11.5 Å². The molecule has 0 aliphatic carbocycles. The molecule has 0 spiro atoms. The lowest BCUT2D eigenvalue weighted by molar-refractivity contribution is 0.282. The van der Waals surface area contributed by atoms with Gasteiger partial charge in [0.15, 0.2) is 11.5 Å². The Balaban J connectivity index is 0.00000392. The van der Waals surface area contributed by atoms with Crippen molar-refractivity contribution in [3.63, 3.8) is 0 Å². The van der Waals surface area contributed by atoms with E-state index in [1.54, 1.807) is 7.11 Å². The van der Waals surface area contributed by atoms with E-state index in [4.69, 9.17) is 9.47 Å². The summed E-state index contributed by atoms with van der Waals surface area (Å²) < 4.78 is 12.5. The molecule has 0 bridgehead atoms. The van der Waals surface area contributed by atoms with Crippen LogP contribution >= 0.6 is 28.3 Å². The summed E-state index contributed by atoms with van der Waals surface area (Å²) in [6.45, 7) is 6.74. The highest BCUT2D eigenvalue weighted by Gasteiger charge is 2.12. The molecule has 1 N–H and O–H groups in total. The Morgan fingerprint density at radius 2 is 1.68 bits per heavy atom. The van der Waals surface area contributed by atoms with E-state index < -0.39 is 0 Å². The van der Waals surface area contributed by atoms with Gasteiger partial charge in [0.1, 0.15) is 6.61 Å². The van der Waals surface area contributed by atoms with Gasteiger partial charge in [0.05, 0.1) is 11.6 Å². The Kier molecular flexibility index (Phi) is 12.3. The van der Waals surface area contributed by atoms with Crippen molar-refractivity contribution in [2.45, 2.75) is 59.1 Å². The monoisotopic (exact) mass is 469 g/mol. The highest BCUT2D eigenvalue weighted by molar-refractivity contribution is 9.10. The number of halogens is 2. The van der Waals surface area contributed by atoms with Gasteiger partial charge in [0, 0.05) is 6.54 Å². The van der Waals surface area contributed by atoms with Gasteiger partial charge in [0.25, 0.3) is 0 Å². The molecule has 0 saturated heterocycles. The molecular weight excluding hydrogens is 438 g/mol. The molecular formula is C23H33BrClNO2. The lowest BCUT2D eigenvalue weighted by atomic mass is 10.1. The lowest BCUT2D eigenvalue weighted by Gasteiger charge is -2.15. The van der Waals surface area contributed by atoms with Gasteiger partial charge in [-0.2, -0.15) is 0 Å². The number of aryl methyl sites for hydroxylation is 1. The van der Waals surface area contributed by atoms with Crippen molar-refractivity contribution in [1.82, 2.24) is 5.32 Å². The van der Waals surface area contributed by atoms with Crippen molar-refractivity contribution in [2.75, 3.05) is 13.7 Å². The van der Waals surface area contributed by atoms with Crippen LogP contribution in [0.5, 0.6) is 11.5 Å². The second-order valence-corrected chi connectivity index (χ2v) is 7.83. The number of hydrogen-bond acceptors (Lipinski definition) is 3. The van der Waals surface area contributed by atoms with E-state index in [0.29, 0.717) is 6.61 Å². The minimum atomic E-state index is 0. The van der Waals surface area contributed by atoms with Crippen LogP contribution < -0.4 is 14.8 Å². The van der Waals surface area contributed by atoms with Gasteiger partial charge in [-0.3, -0.25) is 0 Å². The summed E-state index contributed by atoms with van der Waals surface area (Å²) in [5.74, 6) is 1.51. The summed E-state index contributed by atoms with van der Waals surface area (Å²) in [5.41, 5.74) is 3.58. The average Bonchev–Trinajstić information content (AvgIpc) is 2.67. The third kappa shape index (κ3) is 8.42. The second kappa shape index (κ2) is 13.9. The van der Waals surface area contributed by atoms with Crippen LogP contribution in [-0.4, -0.2) is 13.7 Å². The van der Waals surface area contributed by atoms with Gasteiger partial charge < -0.3 is 14.8 Å². The zero-order valence-electron chi connectivity index (χ0n) is 17.2. The molecule has 0 aliphatic heterocycles.